The van der Waals surface area contributed by atoms with Gasteiger partial charge in [-0.2, -0.15) is 0 Å². The molecule has 23 heavy (non-hydrogen) atoms. The van der Waals surface area contributed by atoms with Crippen molar-refractivity contribution in [3.63, 3.8) is 0 Å². The van der Waals surface area contributed by atoms with Crippen molar-refractivity contribution < 1.29 is 17.6 Å². The molecule has 1 aliphatic heterocycles. The molecule has 0 radical (unpaired) electrons. The zero-order chi connectivity index (χ0) is 16.6. The maximum absolute atomic E-state index is 13.3. The standard InChI is InChI=1S/C16H13ClFNO3S/c17-12-3-1-11(2-4-12)10-23(21,22)19-8-7-16(20)14-9-13(18)5-6-15(14)19/h1-6,9H,7-8,10H2. The van der Waals surface area contributed by atoms with Crippen LogP contribution in [0.25, 0.3) is 0 Å². The van der Waals surface area contributed by atoms with Crippen molar-refractivity contribution >= 4 is 33.1 Å². The largest absolute Gasteiger partial charge is 0.294 e. The minimum absolute atomic E-state index is 0.0380. The van der Waals surface area contributed by atoms with Crippen molar-refractivity contribution in [3.05, 3.63) is 64.4 Å². The number of anilines is 1. The zero-order valence-corrected chi connectivity index (χ0v) is 13.6. The number of fused-ring (bicyclic) bond motifs is 1. The Kier molecular flexibility index (Phi) is 4.12. The molecule has 1 aliphatic rings. The summed E-state index contributed by atoms with van der Waals surface area (Å²) >= 11 is 5.80. The number of benzene rings is 2. The SMILES string of the molecule is O=C1CCN(S(=O)(=O)Cc2ccc(Cl)cc2)c2ccc(F)cc21. The minimum Gasteiger partial charge on any atom is -0.294 e. The van der Waals surface area contributed by atoms with E-state index >= 15 is 0 Å². The molecule has 0 spiro atoms. The Hall–Kier alpha value is -1.92. The molecule has 0 bridgehead atoms. The fraction of sp³-hybridized carbons (Fsp3) is 0.188. The molecule has 0 N–H and O–H groups in total. The number of Topliss-reactive ketones (excluding diaryl/α,β-unsaturated/α-hetero) is 1. The predicted octanol–water partition coefficient (Wildman–Crippen LogP) is 3.40. The Bertz CT molecular complexity index is 865. The summed E-state index contributed by atoms with van der Waals surface area (Å²) in [7, 11) is -3.68. The van der Waals surface area contributed by atoms with Crippen LogP contribution in [-0.4, -0.2) is 20.7 Å². The van der Waals surface area contributed by atoms with Gasteiger partial charge in [0, 0.05) is 23.6 Å². The predicted molar refractivity (Wildman–Crippen MR) is 86.8 cm³/mol. The number of rotatable bonds is 3. The van der Waals surface area contributed by atoms with Crippen LogP contribution in [0, 0.1) is 5.82 Å². The average Bonchev–Trinajstić information content (AvgIpc) is 2.50. The summed E-state index contributed by atoms with van der Waals surface area (Å²) in [5.41, 5.74) is 0.933. The zero-order valence-electron chi connectivity index (χ0n) is 12.0. The topological polar surface area (TPSA) is 54.5 Å². The molecular formula is C16H13ClFNO3S. The molecule has 4 nitrogen and oxygen atoms in total. The van der Waals surface area contributed by atoms with Gasteiger partial charge < -0.3 is 0 Å². The van der Waals surface area contributed by atoms with Crippen molar-refractivity contribution in [2.24, 2.45) is 0 Å². The molecule has 0 fully saturated rings. The van der Waals surface area contributed by atoms with Crippen LogP contribution in [0.3, 0.4) is 0 Å². The molecule has 0 aromatic heterocycles. The normalized spacial score (nSPS) is 14.7. The molecule has 2 aromatic carbocycles. The highest BCUT2D eigenvalue weighted by atomic mass is 35.5. The number of nitrogens with zero attached hydrogens (tertiary/aromatic N) is 1. The van der Waals surface area contributed by atoms with Gasteiger partial charge in [-0.1, -0.05) is 23.7 Å². The number of hydrogen-bond acceptors (Lipinski definition) is 3. The molecule has 0 atom stereocenters. The number of ketones is 1. The summed E-state index contributed by atoms with van der Waals surface area (Å²) in [6.07, 6.45) is 0.0380. The Labute approximate surface area is 138 Å². The van der Waals surface area contributed by atoms with Crippen LogP contribution >= 0.6 is 11.6 Å². The quantitative estimate of drug-likeness (QED) is 0.849. The molecule has 0 unspecified atom stereocenters. The minimum atomic E-state index is -3.68. The highest BCUT2D eigenvalue weighted by Crippen LogP contribution is 2.31. The molecule has 120 valence electrons. The molecule has 7 heteroatoms. The van der Waals surface area contributed by atoms with Crippen LogP contribution in [0.15, 0.2) is 42.5 Å². The second-order valence-corrected chi connectivity index (χ2v) is 7.62. The van der Waals surface area contributed by atoms with E-state index < -0.39 is 15.8 Å². The Morgan fingerprint density at radius 1 is 1.13 bits per heavy atom. The van der Waals surface area contributed by atoms with Crippen molar-refractivity contribution in [2.45, 2.75) is 12.2 Å². The lowest BCUT2D eigenvalue weighted by Crippen LogP contribution is -2.38. The third-order valence-electron chi connectivity index (χ3n) is 3.67. The Balaban J connectivity index is 1.96. The highest BCUT2D eigenvalue weighted by molar-refractivity contribution is 7.92. The van der Waals surface area contributed by atoms with Gasteiger partial charge in [-0.15, -0.1) is 0 Å². The van der Waals surface area contributed by atoms with Crippen LogP contribution in [-0.2, 0) is 15.8 Å². The number of hydrogen-bond donors (Lipinski definition) is 0. The molecule has 1 heterocycles. The highest BCUT2D eigenvalue weighted by Gasteiger charge is 2.31. The summed E-state index contributed by atoms with van der Waals surface area (Å²) in [4.78, 5) is 11.9. The summed E-state index contributed by atoms with van der Waals surface area (Å²) in [5.74, 6) is -1.03. The van der Waals surface area contributed by atoms with Gasteiger partial charge in [-0.05, 0) is 35.9 Å². The van der Waals surface area contributed by atoms with Gasteiger partial charge in [0.05, 0.1) is 11.4 Å². The van der Waals surface area contributed by atoms with Gasteiger partial charge in [-0.25, -0.2) is 12.8 Å². The van der Waals surface area contributed by atoms with Crippen LogP contribution in [0.4, 0.5) is 10.1 Å². The first-order chi connectivity index (χ1) is 10.9. The maximum Gasteiger partial charge on any atom is 0.239 e. The average molecular weight is 354 g/mol. The Morgan fingerprint density at radius 3 is 2.52 bits per heavy atom. The maximum atomic E-state index is 13.3. The van der Waals surface area contributed by atoms with Gasteiger partial charge in [0.25, 0.3) is 0 Å². The first kappa shape index (κ1) is 16.0. The van der Waals surface area contributed by atoms with E-state index in [1.807, 2.05) is 0 Å². The van der Waals surface area contributed by atoms with Crippen molar-refractivity contribution in [3.8, 4) is 0 Å². The second kappa shape index (κ2) is 5.94. The molecule has 0 saturated heterocycles. The third kappa shape index (κ3) is 3.23. The monoisotopic (exact) mass is 353 g/mol. The summed E-state index contributed by atoms with van der Waals surface area (Å²) in [5, 5.41) is 0.524. The van der Waals surface area contributed by atoms with E-state index in [9.17, 15) is 17.6 Å². The number of halogens is 2. The number of sulfonamides is 1. The molecule has 0 amide bonds. The molecule has 2 aromatic rings. The smallest absolute Gasteiger partial charge is 0.239 e. The fourth-order valence-corrected chi connectivity index (χ4v) is 4.29. The van der Waals surface area contributed by atoms with E-state index in [1.165, 1.54) is 10.4 Å². The van der Waals surface area contributed by atoms with Crippen molar-refractivity contribution in [2.75, 3.05) is 10.8 Å². The third-order valence-corrected chi connectivity index (χ3v) is 5.67. The van der Waals surface area contributed by atoms with E-state index in [-0.39, 0.29) is 35.8 Å². The van der Waals surface area contributed by atoms with Gasteiger partial charge in [-0.3, -0.25) is 9.10 Å². The van der Waals surface area contributed by atoms with E-state index in [0.717, 1.165) is 12.1 Å². The van der Waals surface area contributed by atoms with Gasteiger partial charge in [0.2, 0.25) is 10.0 Å². The van der Waals surface area contributed by atoms with Gasteiger partial charge in [0.1, 0.15) is 5.82 Å². The van der Waals surface area contributed by atoms with Crippen molar-refractivity contribution in [1.82, 2.24) is 0 Å². The summed E-state index contributed by atoms with van der Waals surface area (Å²) in [6.45, 7) is 0.0629. The second-order valence-electron chi connectivity index (χ2n) is 5.29. The van der Waals surface area contributed by atoms with Crippen LogP contribution in [0.5, 0.6) is 0 Å². The van der Waals surface area contributed by atoms with Gasteiger partial charge >= 0.3 is 0 Å². The first-order valence-electron chi connectivity index (χ1n) is 6.94. The van der Waals surface area contributed by atoms with E-state index in [2.05, 4.69) is 0 Å². The summed E-state index contributed by atoms with van der Waals surface area (Å²) in [6, 6.07) is 10.1. The van der Waals surface area contributed by atoms with Crippen molar-refractivity contribution in [1.29, 1.82) is 0 Å². The lowest BCUT2D eigenvalue weighted by atomic mass is 10.0. The molecule has 0 saturated carbocycles. The molecule has 0 aliphatic carbocycles. The lowest BCUT2D eigenvalue weighted by Gasteiger charge is -2.29. The Morgan fingerprint density at radius 2 is 1.83 bits per heavy atom. The van der Waals surface area contributed by atoms with E-state index in [1.54, 1.807) is 24.3 Å². The fourth-order valence-electron chi connectivity index (χ4n) is 2.57. The van der Waals surface area contributed by atoms with Crippen LogP contribution in [0.1, 0.15) is 22.3 Å². The first-order valence-corrected chi connectivity index (χ1v) is 8.93. The lowest BCUT2D eigenvalue weighted by molar-refractivity contribution is 0.0981. The van der Waals surface area contributed by atoms with Gasteiger partial charge in [0.15, 0.2) is 5.78 Å². The molecule has 3 rings (SSSR count). The van der Waals surface area contributed by atoms with E-state index in [4.69, 9.17) is 11.6 Å². The number of carbonyl (C=O) groups excluding carboxylic acids is 1. The van der Waals surface area contributed by atoms with Crippen LogP contribution < -0.4 is 4.31 Å². The van der Waals surface area contributed by atoms with E-state index in [0.29, 0.717) is 10.6 Å². The summed E-state index contributed by atoms with van der Waals surface area (Å²) < 4.78 is 39.9. The molecular weight excluding hydrogens is 341 g/mol. The van der Waals surface area contributed by atoms with Crippen LogP contribution in [0.2, 0.25) is 5.02 Å². The number of carbonyl (C=O) groups is 1.